The lowest BCUT2D eigenvalue weighted by atomic mass is 10.1. The molecule has 22 heavy (non-hydrogen) atoms. The molecule has 1 heterocycles. The fraction of sp³-hybridized carbons (Fsp3) is 0.0667. The Morgan fingerprint density at radius 2 is 1.73 bits per heavy atom. The number of Topliss-reactive ketones (excluding diaryl/α,β-unsaturated/α-hetero) is 1. The SMILES string of the molecule is O=C(CN1C(=O)c2cccc(Cl)c2S1(=O)=O)c1ccccc1. The van der Waals surface area contributed by atoms with Crippen molar-refractivity contribution in [3.05, 3.63) is 64.7 Å². The van der Waals surface area contributed by atoms with Crippen LogP contribution >= 0.6 is 11.6 Å². The molecule has 2 aromatic carbocycles. The first-order chi connectivity index (χ1) is 10.4. The second-order valence-electron chi connectivity index (χ2n) is 4.72. The summed E-state index contributed by atoms with van der Waals surface area (Å²) in [5.74, 6) is -1.19. The lowest BCUT2D eigenvalue weighted by molar-refractivity contribution is 0.0820. The number of carbonyl (C=O) groups is 2. The number of amides is 1. The third kappa shape index (κ3) is 2.20. The fourth-order valence-electron chi connectivity index (χ4n) is 2.30. The number of hydrogen-bond acceptors (Lipinski definition) is 4. The summed E-state index contributed by atoms with van der Waals surface area (Å²) >= 11 is 5.90. The van der Waals surface area contributed by atoms with Crippen molar-refractivity contribution in [2.75, 3.05) is 6.54 Å². The molecule has 0 bridgehead atoms. The Morgan fingerprint density at radius 3 is 2.36 bits per heavy atom. The van der Waals surface area contributed by atoms with Gasteiger partial charge in [0.25, 0.3) is 15.9 Å². The first-order valence-electron chi connectivity index (χ1n) is 6.37. The highest BCUT2D eigenvalue weighted by Gasteiger charge is 2.43. The molecule has 0 aromatic heterocycles. The van der Waals surface area contributed by atoms with Crippen LogP contribution in [0.4, 0.5) is 0 Å². The summed E-state index contributed by atoms with van der Waals surface area (Å²) in [6.45, 7) is -0.545. The number of nitrogens with zero attached hydrogens (tertiary/aromatic N) is 1. The van der Waals surface area contributed by atoms with E-state index in [2.05, 4.69) is 0 Å². The van der Waals surface area contributed by atoms with Crippen LogP contribution in [0.2, 0.25) is 5.02 Å². The quantitative estimate of drug-likeness (QED) is 0.807. The maximum atomic E-state index is 12.5. The Kier molecular flexibility index (Phi) is 3.50. The maximum Gasteiger partial charge on any atom is 0.269 e. The number of ketones is 1. The van der Waals surface area contributed by atoms with Crippen LogP contribution in [-0.4, -0.2) is 31.0 Å². The molecule has 0 fully saturated rings. The largest absolute Gasteiger partial charge is 0.292 e. The summed E-state index contributed by atoms with van der Waals surface area (Å²) in [4.78, 5) is 24.2. The van der Waals surface area contributed by atoms with Crippen molar-refractivity contribution in [3.8, 4) is 0 Å². The van der Waals surface area contributed by atoms with Gasteiger partial charge in [0.2, 0.25) is 0 Å². The minimum absolute atomic E-state index is 0.00615. The van der Waals surface area contributed by atoms with E-state index in [1.165, 1.54) is 18.2 Å². The number of halogens is 1. The number of sulfonamides is 1. The Labute approximate surface area is 132 Å². The molecule has 0 spiro atoms. The van der Waals surface area contributed by atoms with E-state index in [1.807, 2.05) is 0 Å². The highest BCUT2D eigenvalue weighted by Crippen LogP contribution is 2.35. The molecule has 0 unspecified atom stereocenters. The van der Waals surface area contributed by atoms with Gasteiger partial charge in [-0.05, 0) is 12.1 Å². The zero-order valence-corrected chi connectivity index (χ0v) is 12.8. The van der Waals surface area contributed by atoms with Crippen molar-refractivity contribution in [2.24, 2.45) is 0 Å². The van der Waals surface area contributed by atoms with Gasteiger partial charge in [0.15, 0.2) is 5.78 Å². The van der Waals surface area contributed by atoms with E-state index in [9.17, 15) is 18.0 Å². The Bertz CT molecular complexity index is 878. The monoisotopic (exact) mass is 335 g/mol. The molecule has 1 aliphatic rings. The van der Waals surface area contributed by atoms with Gasteiger partial charge in [-0.1, -0.05) is 48.0 Å². The van der Waals surface area contributed by atoms with Crippen LogP contribution in [0.5, 0.6) is 0 Å². The first-order valence-corrected chi connectivity index (χ1v) is 8.18. The average Bonchev–Trinajstić information content (AvgIpc) is 2.70. The maximum absolute atomic E-state index is 12.5. The second-order valence-corrected chi connectivity index (χ2v) is 6.93. The third-order valence-electron chi connectivity index (χ3n) is 3.35. The highest BCUT2D eigenvalue weighted by atomic mass is 35.5. The minimum atomic E-state index is -4.10. The third-order valence-corrected chi connectivity index (χ3v) is 5.61. The summed E-state index contributed by atoms with van der Waals surface area (Å²) < 4.78 is 25.5. The minimum Gasteiger partial charge on any atom is -0.292 e. The highest BCUT2D eigenvalue weighted by molar-refractivity contribution is 7.90. The van der Waals surface area contributed by atoms with Gasteiger partial charge in [0.05, 0.1) is 10.6 Å². The molecule has 0 radical (unpaired) electrons. The lowest BCUT2D eigenvalue weighted by Gasteiger charge is -2.14. The Hall–Kier alpha value is -2.18. The summed E-state index contributed by atoms with van der Waals surface area (Å²) in [5, 5.41) is -0.0273. The molecule has 3 rings (SSSR count). The Balaban J connectivity index is 1.99. The number of rotatable bonds is 3. The van der Waals surface area contributed by atoms with Crippen LogP contribution in [0.25, 0.3) is 0 Å². The van der Waals surface area contributed by atoms with E-state index in [-0.39, 0.29) is 15.5 Å². The number of fused-ring (bicyclic) bond motifs is 1. The van der Waals surface area contributed by atoms with Crippen LogP contribution in [0.1, 0.15) is 20.7 Å². The van der Waals surface area contributed by atoms with E-state index >= 15 is 0 Å². The van der Waals surface area contributed by atoms with Crippen molar-refractivity contribution in [1.29, 1.82) is 0 Å². The first kappa shape index (κ1) is 14.7. The predicted octanol–water partition coefficient (Wildman–Crippen LogP) is 2.37. The molecule has 0 saturated heterocycles. The molecule has 0 aliphatic carbocycles. The van der Waals surface area contributed by atoms with Crippen molar-refractivity contribution in [3.63, 3.8) is 0 Å². The van der Waals surface area contributed by atoms with Gasteiger partial charge in [-0.25, -0.2) is 12.7 Å². The standard InChI is InChI=1S/C15H10ClNO4S/c16-12-8-4-7-11-14(12)22(20,21)17(15(11)19)9-13(18)10-5-2-1-3-6-10/h1-8H,9H2. The van der Waals surface area contributed by atoms with Crippen LogP contribution in [-0.2, 0) is 10.0 Å². The molecule has 7 heteroatoms. The van der Waals surface area contributed by atoms with Crippen LogP contribution < -0.4 is 0 Å². The molecule has 0 N–H and O–H groups in total. The van der Waals surface area contributed by atoms with Crippen LogP contribution in [0, 0.1) is 0 Å². The molecule has 2 aromatic rings. The second kappa shape index (κ2) is 5.23. The lowest BCUT2D eigenvalue weighted by Crippen LogP contribution is -2.35. The number of benzene rings is 2. The molecular formula is C15H10ClNO4S. The molecule has 112 valence electrons. The molecule has 0 atom stereocenters. The van der Waals surface area contributed by atoms with Gasteiger partial charge in [0.1, 0.15) is 11.4 Å². The fourth-order valence-corrected chi connectivity index (χ4v) is 4.33. The van der Waals surface area contributed by atoms with E-state index in [0.717, 1.165) is 0 Å². The van der Waals surface area contributed by atoms with E-state index in [0.29, 0.717) is 9.87 Å². The normalized spacial score (nSPS) is 15.7. The number of carbonyl (C=O) groups excluding carboxylic acids is 2. The van der Waals surface area contributed by atoms with Gasteiger partial charge in [-0.3, -0.25) is 9.59 Å². The van der Waals surface area contributed by atoms with Gasteiger partial charge < -0.3 is 0 Å². The number of hydrogen-bond donors (Lipinski definition) is 0. The van der Waals surface area contributed by atoms with E-state index < -0.39 is 28.3 Å². The topological polar surface area (TPSA) is 71.5 Å². The van der Waals surface area contributed by atoms with Crippen LogP contribution in [0.3, 0.4) is 0 Å². The summed E-state index contributed by atoms with van der Waals surface area (Å²) in [7, 11) is -4.10. The molecular weight excluding hydrogens is 326 g/mol. The molecule has 0 saturated carbocycles. The smallest absolute Gasteiger partial charge is 0.269 e. The van der Waals surface area contributed by atoms with Gasteiger partial charge in [-0.2, -0.15) is 0 Å². The Morgan fingerprint density at radius 1 is 1.05 bits per heavy atom. The van der Waals surface area contributed by atoms with Gasteiger partial charge in [0, 0.05) is 5.56 Å². The summed E-state index contributed by atoms with van der Waals surface area (Å²) in [5.41, 5.74) is 0.334. The van der Waals surface area contributed by atoms with Gasteiger partial charge in [-0.15, -0.1) is 0 Å². The zero-order valence-electron chi connectivity index (χ0n) is 11.2. The molecule has 1 aliphatic heterocycles. The van der Waals surface area contributed by atoms with E-state index in [1.54, 1.807) is 30.3 Å². The van der Waals surface area contributed by atoms with Crippen molar-refractivity contribution in [1.82, 2.24) is 4.31 Å². The average molecular weight is 336 g/mol. The van der Waals surface area contributed by atoms with Crippen molar-refractivity contribution < 1.29 is 18.0 Å². The van der Waals surface area contributed by atoms with Crippen molar-refractivity contribution >= 4 is 33.3 Å². The zero-order chi connectivity index (χ0) is 15.9. The molecule has 1 amide bonds. The summed E-state index contributed by atoms with van der Waals surface area (Å²) in [6.07, 6.45) is 0. The van der Waals surface area contributed by atoms with Crippen molar-refractivity contribution in [2.45, 2.75) is 4.90 Å². The van der Waals surface area contributed by atoms with Gasteiger partial charge >= 0.3 is 0 Å². The predicted molar refractivity (Wildman–Crippen MR) is 80.4 cm³/mol. The molecule has 5 nitrogen and oxygen atoms in total. The van der Waals surface area contributed by atoms with Crippen LogP contribution in [0.15, 0.2) is 53.4 Å². The summed E-state index contributed by atoms with van der Waals surface area (Å²) in [6, 6.07) is 12.5. The van der Waals surface area contributed by atoms with E-state index in [4.69, 9.17) is 11.6 Å².